The summed E-state index contributed by atoms with van der Waals surface area (Å²) >= 11 is 12.5. The number of unbranched alkanes of at least 4 members (excludes halogenated alkanes) is 1. The minimum Gasteiger partial charge on any atom is -0.449 e. The molecule has 0 aliphatic heterocycles. The maximum atomic E-state index is 11.7. The molecule has 2 aromatic carbocycles. The molecule has 2 aromatic rings. The molecule has 6 nitrogen and oxygen atoms in total. The van der Waals surface area contributed by atoms with Crippen LogP contribution in [0.15, 0.2) is 60.7 Å². The maximum absolute atomic E-state index is 11.7. The molecule has 0 radical (unpaired) electrons. The second-order valence-corrected chi connectivity index (χ2v) is 8.66. The molecule has 0 aliphatic carbocycles. The van der Waals surface area contributed by atoms with Gasteiger partial charge < -0.3 is 9.47 Å². The van der Waals surface area contributed by atoms with Crippen LogP contribution in [-0.4, -0.2) is 33.8 Å². The lowest BCUT2D eigenvalue weighted by Crippen LogP contribution is -2.21. The highest BCUT2D eigenvalue weighted by molar-refractivity contribution is 8.23. The minimum absolute atomic E-state index is 0.211. The largest absolute Gasteiger partial charge is 0.449 e. The fourth-order valence-corrected chi connectivity index (χ4v) is 3.54. The minimum atomic E-state index is -0.567. The molecule has 2 rings (SSSR count). The predicted molar refractivity (Wildman–Crippen MR) is 130 cm³/mol. The number of hydrogen-bond donors (Lipinski definition) is 2. The lowest BCUT2D eigenvalue weighted by Gasteiger charge is -2.08. The van der Waals surface area contributed by atoms with E-state index in [0.29, 0.717) is 21.2 Å². The second-order valence-electron chi connectivity index (χ2n) is 5.69. The molecule has 2 amide bonds. The van der Waals surface area contributed by atoms with Crippen molar-refractivity contribution in [3.05, 3.63) is 71.8 Å². The topological polar surface area (TPSA) is 76.7 Å². The summed E-state index contributed by atoms with van der Waals surface area (Å²) in [6.07, 6.45) is -0.0146. The smallest absolute Gasteiger partial charge is 0.417 e. The molecule has 158 valence electrons. The van der Waals surface area contributed by atoms with E-state index in [0.717, 1.165) is 35.0 Å². The zero-order chi connectivity index (χ0) is 21.6. The van der Waals surface area contributed by atoms with E-state index >= 15 is 0 Å². The average Bonchev–Trinajstić information content (AvgIpc) is 2.79. The van der Waals surface area contributed by atoms with Crippen molar-refractivity contribution in [1.82, 2.24) is 9.44 Å². The predicted octanol–water partition coefficient (Wildman–Crippen LogP) is 5.27. The molecule has 0 aliphatic rings. The van der Waals surface area contributed by atoms with Gasteiger partial charge in [-0.2, -0.15) is 0 Å². The third-order valence-electron chi connectivity index (χ3n) is 3.48. The Morgan fingerprint density at radius 3 is 1.43 bits per heavy atom. The SMILES string of the molecule is O=C(NSC(=S)c1ccccc1)OCCCCOC(=O)NSC(=S)c1ccccc1. The van der Waals surface area contributed by atoms with Crippen LogP contribution in [0.4, 0.5) is 9.59 Å². The summed E-state index contributed by atoms with van der Waals surface area (Å²) in [5.74, 6) is 0. The van der Waals surface area contributed by atoms with E-state index in [1.807, 2.05) is 60.7 Å². The van der Waals surface area contributed by atoms with Crippen molar-refractivity contribution in [3.63, 3.8) is 0 Å². The molecule has 0 heterocycles. The summed E-state index contributed by atoms with van der Waals surface area (Å²) in [5.41, 5.74) is 1.71. The third-order valence-corrected chi connectivity index (χ3v) is 5.83. The summed E-state index contributed by atoms with van der Waals surface area (Å²) < 4.78 is 16.3. The quantitative estimate of drug-likeness (QED) is 0.315. The molecule has 10 heteroatoms. The van der Waals surface area contributed by atoms with Crippen LogP contribution in [-0.2, 0) is 9.47 Å². The van der Waals surface area contributed by atoms with Crippen molar-refractivity contribution in [2.45, 2.75) is 12.8 Å². The molecular weight excluding hydrogens is 460 g/mol. The van der Waals surface area contributed by atoms with Crippen LogP contribution >= 0.6 is 48.3 Å². The first-order valence-corrected chi connectivity index (χ1v) is 11.4. The van der Waals surface area contributed by atoms with Crippen molar-refractivity contribution in [2.24, 2.45) is 0 Å². The van der Waals surface area contributed by atoms with Crippen molar-refractivity contribution in [2.75, 3.05) is 13.2 Å². The second kappa shape index (κ2) is 14.0. The fraction of sp³-hybridized carbons (Fsp3) is 0.200. The van der Waals surface area contributed by atoms with E-state index in [4.69, 9.17) is 33.9 Å². The first-order chi connectivity index (χ1) is 14.6. The van der Waals surface area contributed by atoms with Crippen molar-refractivity contribution >= 4 is 68.9 Å². The Bertz CT molecular complexity index is 779. The normalized spacial score (nSPS) is 10.0. The van der Waals surface area contributed by atoms with Gasteiger partial charge in [-0.05, 0) is 12.8 Å². The van der Waals surface area contributed by atoms with E-state index in [9.17, 15) is 9.59 Å². The van der Waals surface area contributed by atoms with Crippen LogP contribution in [0.5, 0.6) is 0 Å². The van der Waals surface area contributed by atoms with E-state index < -0.39 is 12.2 Å². The van der Waals surface area contributed by atoms with Crippen molar-refractivity contribution in [1.29, 1.82) is 0 Å². The highest BCUT2D eigenvalue weighted by Crippen LogP contribution is 2.12. The third kappa shape index (κ3) is 9.57. The molecule has 0 fully saturated rings. The molecule has 0 aromatic heterocycles. The van der Waals surface area contributed by atoms with Gasteiger partial charge in [0.05, 0.1) is 21.6 Å². The summed E-state index contributed by atoms with van der Waals surface area (Å²) in [7, 11) is 0. The summed E-state index contributed by atoms with van der Waals surface area (Å²) in [4.78, 5) is 23.3. The van der Waals surface area contributed by atoms with E-state index in [1.54, 1.807) is 0 Å². The van der Waals surface area contributed by atoms with Gasteiger partial charge in [-0.1, -0.05) is 85.1 Å². The van der Waals surface area contributed by atoms with Crippen molar-refractivity contribution < 1.29 is 19.1 Å². The molecule has 0 atom stereocenters. The van der Waals surface area contributed by atoms with Crippen molar-refractivity contribution in [3.8, 4) is 0 Å². The van der Waals surface area contributed by atoms with Crippen LogP contribution in [0.25, 0.3) is 0 Å². The number of hydrogen-bond acceptors (Lipinski definition) is 8. The number of carbonyl (C=O) groups is 2. The van der Waals surface area contributed by atoms with E-state index in [-0.39, 0.29) is 13.2 Å². The zero-order valence-electron chi connectivity index (χ0n) is 15.9. The highest BCUT2D eigenvalue weighted by Gasteiger charge is 2.08. The van der Waals surface area contributed by atoms with Gasteiger partial charge in [0.2, 0.25) is 0 Å². The van der Waals surface area contributed by atoms with E-state index in [2.05, 4.69) is 9.44 Å². The van der Waals surface area contributed by atoms with Crippen LogP contribution in [0.2, 0.25) is 0 Å². The Morgan fingerprint density at radius 1 is 0.700 bits per heavy atom. The first kappa shape index (κ1) is 24.1. The van der Waals surface area contributed by atoms with Gasteiger partial charge in [-0.15, -0.1) is 0 Å². The molecular formula is C20H20N2O4S4. The summed E-state index contributed by atoms with van der Waals surface area (Å²) in [6.45, 7) is 0.421. The number of nitrogens with one attached hydrogen (secondary N) is 2. The number of benzene rings is 2. The van der Waals surface area contributed by atoms with Crippen LogP contribution in [0, 0.1) is 0 Å². The van der Waals surface area contributed by atoms with Crippen LogP contribution in [0.3, 0.4) is 0 Å². The Morgan fingerprint density at radius 2 is 1.07 bits per heavy atom. The number of carbonyl (C=O) groups excluding carboxylic acids is 2. The fourth-order valence-electron chi connectivity index (χ4n) is 2.04. The molecule has 2 N–H and O–H groups in total. The molecule has 0 unspecified atom stereocenters. The Labute approximate surface area is 194 Å². The lowest BCUT2D eigenvalue weighted by atomic mass is 10.2. The molecule has 0 saturated heterocycles. The molecule has 0 saturated carbocycles. The molecule has 0 spiro atoms. The number of amides is 2. The molecule has 0 bridgehead atoms. The Balaban J connectivity index is 1.48. The molecule has 30 heavy (non-hydrogen) atoms. The number of ether oxygens (including phenoxy) is 2. The van der Waals surface area contributed by atoms with Gasteiger partial charge in [-0.3, -0.25) is 9.44 Å². The van der Waals surface area contributed by atoms with Crippen LogP contribution in [0.1, 0.15) is 24.0 Å². The number of thiocarbonyl (C=S) groups is 2. The summed E-state index contributed by atoms with van der Waals surface area (Å²) in [6, 6.07) is 18.8. The van der Waals surface area contributed by atoms with Gasteiger partial charge in [-0.25, -0.2) is 9.59 Å². The van der Waals surface area contributed by atoms with Gasteiger partial charge in [0.15, 0.2) is 0 Å². The average molecular weight is 481 g/mol. The zero-order valence-corrected chi connectivity index (χ0v) is 19.1. The van der Waals surface area contributed by atoms with Crippen LogP contribution < -0.4 is 9.44 Å². The first-order valence-electron chi connectivity index (χ1n) is 8.94. The van der Waals surface area contributed by atoms with Gasteiger partial charge in [0, 0.05) is 35.0 Å². The highest BCUT2D eigenvalue weighted by atomic mass is 32.2. The lowest BCUT2D eigenvalue weighted by molar-refractivity contribution is 0.135. The Kier molecular flexibility index (Phi) is 11.2. The summed E-state index contributed by atoms with van der Waals surface area (Å²) in [5, 5.41) is 0. The monoisotopic (exact) mass is 480 g/mol. The standard InChI is InChI=1S/C20H20N2O4S4/c23-19(21-29-17(27)15-9-3-1-4-10-15)25-13-7-8-14-26-20(24)22-30-18(28)16-11-5-2-6-12-16/h1-6,9-12H,7-8,13-14H2,(H,21,23)(H,22,24). The van der Waals surface area contributed by atoms with E-state index in [1.165, 1.54) is 0 Å². The number of rotatable bonds is 7. The maximum Gasteiger partial charge on any atom is 0.417 e. The Hall–Kier alpha value is -2.14. The van der Waals surface area contributed by atoms with Gasteiger partial charge in [0.1, 0.15) is 0 Å². The van der Waals surface area contributed by atoms with Gasteiger partial charge in [0.25, 0.3) is 0 Å². The van der Waals surface area contributed by atoms with Gasteiger partial charge >= 0.3 is 12.2 Å².